The lowest BCUT2D eigenvalue weighted by molar-refractivity contribution is -0.150. The second-order valence-electron chi connectivity index (χ2n) is 9.08. The molecule has 0 aliphatic carbocycles. The number of fused-ring (bicyclic) bond motifs is 1. The first kappa shape index (κ1) is 30.3. The molecule has 3 amide bonds. The van der Waals surface area contributed by atoms with Gasteiger partial charge in [0.1, 0.15) is 34.8 Å². The first-order chi connectivity index (χ1) is 19.6. The summed E-state index contributed by atoms with van der Waals surface area (Å²) < 4.78 is 5.76. The smallest absolute Gasteiger partial charge is 0.408 e. The van der Waals surface area contributed by atoms with Gasteiger partial charge in [0.2, 0.25) is 5.91 Å². The lowest BCUT2D eigenvalue weighted by atomic mass is 10.0. The first-order valence-electron chi connectivity index (χ1n) is 12.5. The summed E-state index contributed by atoms with van der Waals surface area (Å²) in [4.78, 5) is 62.2. The summed E-state index contributed by atoms with van der Waals surface area (Å²) in [7, 11) is 0. The number of nitrogens with one attached hydrogen (secondary N) is 2. The summed E-state index contributed by atoms with van der Waals surface area (Å²) in [6.07, 6.45) is -0.890. The molecule has 2 aromatic rings. The lowest BCUT2D eigenvalue weighted by Gasteiger charge is -2.49. The van der Waals surface area contributed by atoms with Crippen molar-refractivity contribution >= 4 is 64.7 Å². The van der Waals surface area contributed by atoms with Gasteiger partial charge in [-0.3, -0.25) is 14.5 Å². The maximum Gasteiger partial charge on any atom is 0.408 e. The van der Waals surface area contributed by atoms with E-state index < -0.39 is 47.3 Å². The van der Waals surface area contributed by atoms with E-state index in [-0.39, 0.29) is 31.6 Å². The van der Waals surface area contributed by atoms with Crippen LogP contribution < -0.4 is 10.6 Å². The number of nitrogens with zero attached hydrogens (tertiary/aromatic N) is 3. The molecule has 4 N–H and O–H groups in total. The van der Waals surface area contributed by atoms with Gasteiger partial charge in [-0.25, -0.2) is 14.4 Å². The van der Waals surface area contributed by atoms with Crippen molar-refractivity contribution in [2.45, 2.75) is 54.6 Å². The number of thioether (sulfide) groups is 2. The molecule has 0 spiro atoms. The van der Waals surface area contributed by atoms with Crippen LogP contribution in [-0.4, -0.2) is 84.1 Å². The average molecular weight is 622 g/mol. The zero-order valence-electron chi connectivity index (χ0n) is 21.8. The minimum absolute atomic E-state index is 0.0187. The molecule has 3 heterocycles. The molecule has 0 radical (unpaired) electrons. The molecule has 2 aliphatic heterocycles. The molecule has 0 bridgehead atoms. The van der Waals surface area contributed by atoms with E-state index in [2.05, 4.69) is 20.8 Å². The molecule has 218 valence electrons. The Morgan fingerprint density at radius 1 is 1.20 bits per heavy atom. The van der Waals surface area contributed by atoms with Crippen LogP contribution >= 0.6 is 34.9 Å². The topological polar surface area (TPSA) is 188 Å². The summed E-state index contributed by atoms with van der Waals surface area (Å²) in [5.41, 5.74) is 1.26. The van der Waals surface area contributed by atoms with Gasteiger partial charge in [-0.15, -0.1) is 22.0 Å². The van der Waals surface area contributed by atoms with Crippen LogP contribution in [0.2, 0.25) is 0 Å². The monoisotopic (exact) mass is 621 g/mol. The lowest BCUT2D eigenvalue weighted by Crippen LogP contribution is -2.70. The summed E-state index contributed by atoms with van der Waals surface area (Å²) in [5, 5.41) is 32.4. The Morgan fingerprint density at radius 2 is 1.95 bits per heavy atom. The maximum absolute atomic E-state index is 12.9. The van der Waals surface area contributed by atoms with Gasteiger partial charge in [-0.05, 0) is 30.9 Å². The predicted molar refractivity (Wildman–Crippen MR) is 150 cm³/mol. The Morgan fingerprint density at radius 3 is 2.61 bits per heavy atom. The standard InChI is InChI=1S/C25H27N5O8S3/c1-13-28-29-25(41-13)40-12-15-11-39-21-18(20(32)30(21)19(15)23(35)36)27-17(31)9-5-8-16(22(33)34)26-24(37)38-10-14-6-3-2-4-7-14/h2-4,6-7,16,18,21H,5,8-12H2,1H3,(H,26,37)(H,27,31)(H,33,34)(H,35,36)/t16?,18-,21+/m1/s1. The molecule has 3 atom stereocenters. The summed E-state index contributed by atoms with van der Waals surface area (Å²) in [6, 6.07) is 6.76. The summed E-state index contributed by atoms with van der Waals surface area (Å²) in [5.74, 6) is -2.77. The Labute approximate surface area is 247 Å². The third-order valence-electron chi connectivity index (χ3n) is 6.14. The molecule has 1 saturated heterocycles. The molecule has 16 heteroatoms. The maximum atomic E-state index is 12.9. The zero-order valence-corrected chi connectivity index (χ0v) is 24.2. The van der Waals surface area contributed by atoms with Crippen molar-refractivity contribution in [2.75, 3.05) is 11.5 Å². The van der Waals surface area contributed by atoms with Crippen LogP contribution in [0, 0.1) is 6.92 Å². The number of carboxylic acids is 2. The number of benzene rings is 1. The highest BCUT2D eigenvalue weighted by atomic mass is 32.2. The van der Waals surface area contributed by atoms with E-state index in [1.807, 2.05) is 13.0 Å². The van der Waals surface area contributed by atoms with Gasteiger partial charge >= 0.3 is 18.0 Å². The molecule has 13 nitrogen and oxygen atoms in total. The second kappa shape index (κ2) is 13.8. The molecule has 1 aromatic heterocycles. The fourth-order valence-electron chi connectivity index (χ4n) is 4.16. The number of β-lactam (4-membered cyclic amide) rings is 1. The molecule has 41 heavy (non-hydrogen) atoms. The predicted octanol–water partition coefficient (Wildman–Crippen LogP) is 2.23. The van der Waals surface area contributed by atoms with Crippen molar-refractivity contribution < 1.29 is 38.9 Å². The summed E-state index contributed by atoms with van der Waals surface area (Å²) in [6.45, 7) is 1.80. The van der Waals surface area contributed by atoms with Crippen LogP contribution in [0.3, 0.4) is 0 Å². The van der Waals surface area contributed by atoms with E-state index in [0.29, 0.717) is 21.4 Å². The Balaban J connectivity index is 1.24. The minimum atomic E-state index is -1.27. The molecule has 1 fully saturated rings. The van der Waals surface area contributed by atoms with Crippen molar-refractivity contribution in [1.82, 2.24) is 25.7 Å². The highest BCUT2D eigenvalue weighted by molar-refractivity contribution is 8.01. The highest BCUT2D eigenvalue weighted by Crippen LogP contribution is 2.41. The largest absolute Gasteiger partial charge is 0.480 e. The molecular weight excluding hydrogens is 595 g/mol. The van der Waals surface area contributed by atoms with Crippen LogP contribution in [0.15, 0.2) is 45.9 Å². The number of rotatable bonds is 13. The second-order valence-corrected chi connectivity index (χ2v) is 12.6. The fourth-order valence-corrected chi connectivity index (χ4v) is 7.46. The van der Waals surface area contributed by atoms with Gasteiger partial charge in [0.15, 0.2) is 4.34 Å². The third kappa shape index (κ3) is 7.77. The van der Waals surface area contributed by atoms with E-state index in [1.54, 1.807) is 24.3 Å². The SMILES string of the molecule is Cc1nnc(SCC2=C(C(=O)O)N3C(=O)[C@@H](NC(=O)CCCC(NC(=O)OCc4ccccc4)C(=O)O)[C@@H]3SC2)s1. The molecule has 4 rings (SSSR count). The number of aliphatic carboxylic acids is 2. The number of carbonyl (C=O) groups is 5. The van der Waals surface area contributed by atoms with Crippen molar-refractivity contribution in [3.05, 3.63) is 52.2 Å². The van der Waals surface area contributed by atoms with E-state index in [9.17, 15) is 34.2 Å². The van der Waals surface area contributed by atoms with Crippen molar-refractivity contribution in [3.8, 4) is 0 Å². The number of hydrogen-bond donors (Lipinski definition) is 4. The van der Waals surface area contributed by atoms with Crippen LogP contribution in [-0.2, 0) is 30.5 Å². The van der Waals surface area contributed by atoms with E-state index >= 15 is 0 Å². The van der Waals surface area contributed by atoms with Gasteiger partial charge < -0.3 is 25.6 Å². The number of aryl methyl sites for hydroxylation is 1. The molecule has 2 aliphatic rings. The molecule has 1 aromatic carbocycles. The van der Waals surface area contributed by atoms with Gasteiger partial charge in [0, 0.05) is 17.9 Å². The van der Waals surface area contributed by atoms with Gasteiger partial charge in [-0.1, -0.05) is 53.4 Å². The highest BCUT2D eigenvalue weighted by Gasteiger charge is 2.54. The van der Waals surface area contributed by atoms with Crippen LogP contribution in [0.1, 0.15) is 29.8 Å². The number of ether oxygens (including phenoxy) is 1. The van der Waals surface area contributed by atoms with Gasteiger partial charge in [0.05, 0.1) is 0 Å². The third-order valence-corrected chi connectivity index (χ3v) is 9.54. The van der Waals surface area contributed by atoms with Crippen molar-refractivity contribution in [2.24, 2.45) is 0 Å². The van der Waals surface area contributed by atoms with Crippen LogP contribution in [0.5, 0.6) is 0 Å². The number of carbonyl (C=O) groups excluding carboxylic acids is 3. The normalized spacial score (nSPS) is 18.7. The van der Waals surface area contributed by atoms with E-state index in [4.69, 9.17) is 4.74 Å². The minimum Gasteiger partial charge on any atom is -0.480 e. The van der Waals surface area contributed by atoms with Crippen LogP contribution in [0.4, 0.5) is 4.79 Å². The molecular formula is C25H27N5O8S3. The number of carboxylic acid groups (broad SMARTS) is 2. The Bertz CT molecular complexity index is 1350. The Hall–Kier alpha value is -3.63. The first-order valence-corrected chi connectivity index (χ1v) is 15.3. The van der Waals surface area contributed by atoms with Crippen molar-refractivity contribution in [3.63, 3.8) is 0 Å². The fraction of sp³-hybridized carbons (Fsp3) is 0.400. The number of alkyl carbamates (subject to hydrolysis) is 1. The molecule has 1 unspecified atom stereocenters. The van der Waals surface area contributed by atoms with Gasteiger partial charge in [0.25, 0.3) is 5.91 Å². The van der Waals surface area contributed by atoms with E-state index in [0.717, 1.165) is 10.6 Å². The number of aromatic nitrogens is 2. The summed E-state index contributed by atoms with van der Waals surface area (Å²) >= 11 is 4.12. The van der Waals surface area contributed by atoms with E-state index in [1.165, 1.54) is 39.8 Å². The zero-order chi connectivity index (χ0) is 29.5. The van der Waals surface area contributed by atoms with Gasteiger partial charge in [-0.2, -0.15) is 0 Å². The van der Waals surface area contributed by atoms with Crippen LogP contribution in [0.25, 0.3) is 0 Å². The molecule has 0 saturated carbocycles. The number of amides is 3. The quantitative estimate of drug-likeness (QED) is 0.189. The Kier molecular flexibility index (Phi) is 10.2. The number of hydrogen-bond acceptors (Lipinski definition) is 11. The average Bonchev–Trinajstić information content (AvgIpc) is 3.37. The van der Waals surface area contributed by atoms with Crippen molar-refractivity contribution in [1.29, 1.82) is 0 Å².